The Hall–Kier alpha value is -1.75. The third kappa shape index (κ3) is 5.27. The summed E-state index contributed by atoms with van der Waals surface area (Å²) in [4.78, 5) is 11.8. The molecule has 0 bridgehead atoms. The number of amides is 1. The van der Waals surface area contributed by atoms with Gasteiger partial charge in [0.05, 0.1) is 0 Å². The number of hydrogen-bond donors (Lipinski definition) is 2. The van der Waals surface area contributed by atoms with E-state index in [0.29, 0.717) is 32.2 Å². The highest BCUT2D eigenvalue weighted by molar-refractivity contribution is 5.75. The highest BCUT2D eigenvalue weighted by atomic mass is 16.6. The van der Waals surface area contributed by atoms with Gasteiger partial charge in [-0.2, -0.15) is 0 Å². The van der Waals surface area contributed by atoms with E-state index in [1.807, 2.05) is 18.2 Å². The molecule has 2 rings (SSSR count). The van der Waals surface area contributed by atoms with Gasteiger partial charge in [0, 0.05) is 19.0 Å². The van der Waals surface area contributed by atoms with E-state index in [9.17, 15) is 4.79 Å². The van der Waals surface area contributed by atoms with Crippen LogP contribution in [0.2, 0.25) is 0 Å². The van der Waals surface area contributed by atoms with Gasteiger partial charge in [-0.15, -0.1) is 0 Å². The number of carbonyl (C=O) groups is 1. The van der Waals surface area contributed by atoms with Crippen molar-refractivity contribution in [1.82, 2.24) is 10.6 Å². The molecule has 0 atom stereocenters. The molecule has 0 aromatic heterocycles. The fourth-order valence-electron chi connectivity index (χ4n) is 2.13. The molecule has 0 unspecified atom stereocenters. The summed E-state index contributed by atoms with van der Waals surface area (Å²) in [7, 11) is 0. The Morgan fingerprint density at radius 2 is 2.00 bits per heavy atom. The number of hydrogen-bond acceptors (Lipinski definition) is 4. The second-order valence-corrected chi connectivity index (χ2v) is 5.47. The molecule has 1 aliphatic rings. The van der Waals surface area contributed by atoms with E-state index in [4.69, 9.17) is 9.47 Å². The van der Waals surface area contributed by atoms with Gasteiger partial charge in [0.25, 0.3) is 0 Å². The fourth-order valence-corrected chi connectivity index (χ4v) is 2.13. The minimum Gasteiger partial charge on any atom is -0.486 e. The average molecular weight is 292 g/mol. The molecule has 1 aromatic rings. The van der Waals surface area contributed by atoms with Crippen LogP contribution in [0.3, 0.4) is 0 Å². The molecule has 0 aliphatic carbocycles. The lowest BCUT2D eigenvalue weighted by Gasteiger charge is -2.19. The third-order valence-electron chi connectivity index (χ3n) is 3.23. The Kier molecular flexibility index (Phi) is 5.87. The van der Waals surface area contributed by atoms with Crippen molar-refractivity contribution >= 4 is 5.91 Å². The number of benzene rings is 1. The maximum Gasteiger partial charge on any atom is 0.220 e. The maximum absolute atomic E-state index is 11.8. The summed E-state index contributed by atoms with van der Waals surface area (Å²) in [5, 5.41) is 6.23. The third-order valence-corrected chi connectivity index (χ3v) is 3.23. The molecule has 0 saturated carbocycles. The van der Waals surface area contributed by atoms with Gasteiger partial charge in [0.15, 0.2) is 11.5 Å². The van der Waals surface area contributed by atoms with Crippen LogP contribution in [-0.4, -0.2) is 31.7 Å². The Balaban J connectivity index is 1.71. The molecule has 0 spiro atoms. The second-order valence-electron chi connectivity index (χ2n) is 5.47. The van der Waals surface area contributed by atoms with Crippen LogP contribution in [0.25, 0.3) is 0 Å². The van der Waals surface area contributed by atoms with Gasteiger partial charge in [-0.1, -0.05) is 19.9 Å². The SMILES string of the molecule is CC(C)NCCCC(=O)NCc1ccc2c(c1)OCCO2. The zero-order valence-corrected chi connectivity index (χ0v) is 12.8. The van der Waals surface area contributed by atoms with Gasteiger partial charge < -0.3 is 20.1 Å². The lowest BCUT2D eigenvalue weighted by molar-refractivity contribution is -0.121. The van der Waals surface area contributed by atoms with E-state index in [1.165, 1.54) is 0 Å². The fraction of sp³-hybridized carbons (Fsp3) is 0.562. The van der Waals surface area contributed by atoms with Crippen molar-refractivity contribution in [3.8, 4) is 11.5 Å². The first-order valence-corrected chi connectivity index (χ1v) is 7.54. The maximum atomic E-state index is 11.8. The molecule has 0 saturated heterocycles. The molecule has 0 radical (unpaired) electrons. The summed E-state index contributed by atoms with van der Waals surface area (Å²) >= 11 is 0. The van der Waals surface area contributed by atoms with Crippen molar-refractivity contribution in [3.63, 3.8) is 0 Å². The first kappa shape index (κ1) is 15.6. The molecule has 1 aromatic carbocycles. The second kappa shape index (κ2) is 7.88. The first-order valence-electron chi connectivity index (χ1n) is 7.54. The van der Waals surface area contributed by atoms with E-state index >= 15 is 0 Å². The summed E-state index contributed by atoms with van der Waals surface area (Å²) < 4.78 is 11.0. The van der Waals surface area contributed by atoms with Crippen molar-refractivity contribution in [2.45, 2.75) is 39.3 Å². The number of carbonyl (C=O) groups excluding carboxylic acids is 1. The lowest BCUT2D eigenvalue weighted by atomic mass is 10.2. The molecule has 2 N–H and O–H groups in total. The average Bonchev–Trinajstić information content (AvgIpc) is 2.49. The van der Waals surface area contributed by atoms with Gasteiger partial charge in [-0.05, 0) is 30.7 Å². The van der Waals surface area contributed by atoms with E-state index in [2.05, 4.69) is 24.5 Å². The van der Waals surface area contributed by atoms with Crippen LogP contribution in [0.4, 0.5) is 0 Å². The van der Waals surface area contributed by atoms with Crippen LogP contribution in [-0.2, 0) is 11.3 Å². The summed E-state index contributed by atoms with van der Waals surface area (Å²) in [6, 6.07) is 6.23. The Labute approximate surface area is 126 Å². The summed E-state index contributed by atoms with van der Waals surface area (Å²) in [5.74, 6) is 1.61. The molecule has 0 fully saturated rings. The highest BCUT2D eigenvalue weighted by Crippen LogP contribution is 2.30. The molecule has 1 heterocycles. The quantitative estimate of drug-likeness (QED) is 0.753. The molecule has 1 amide bonds. The zero-order valence-electron chi connectivity index (χ0n) is 12.8. The van der Waals surface area contributed by atoms with Gasteiger partial charge in [0.1, 0.15) is 13.2 Å². The van der Waals surface area contributed by atoms with E-state index < -0.39 is 0 Å². The molecule has 116 valence electrons. The standard InChI is InChI=1S/C16H24N2O3/c1-12(2)17-7-3-4-16(19)18-11-13-5-6-14-15(10-13)21-9-8-20-14/h5-6,10,12,17H,3-4,7-9,11H2,1-2H3,(H,18,19). The van der Waals surface area contributed by atoms with Gasteiger partial charge in [-0.25, -0.2) is 0 Å². The molecular weight excluding hydrogens is 268 g/mol. The first-order chi connectivity index (χ1) is 10.1. The van der Waals surface area contributed by atoms with Crippen LogP contribution in [0.1, 0.15) is 32.3 Å². The number of fused-ring (bicyclic) bond motifs is 1. The monoisotopic (exact) mass is 292 g/mol. The predicted octanol–water partition coefficient (Wildman–Crippen LogP) is 1.85. The van der Waals surface area contributed by atoms with Crippen molar-refractivity contribution in [2.24, 2.45) is 0 Å². The summed E-state index contributed by atoms with van der Waals surface area (Å²) in [6.07, 6.45) is 1.40. The van der Waals surface area contributed by atoms with Crippen molar-refractivity contribution in [1.29, 1.82) is 0 Å². The highest BCUT2D eigenvalue weighted by Gasteiger charge is 2.11. The van der Waals surface area contributed by atoms with Crippen LogP contribution < -0.4 is 20.1 Å². The predicted molar refractivity (Wildman–Crippen MR) is 81.7 cm³/mol. The van der Waals surface area contributed by atoms with Gasteiger partial charge in [-0.3, -0.25) is 4.79 Å². The topological polar surface area (TPSA) is 59.6 Å². The van der Waals surface area contributed by atoms with Crippen LogP contribution in [0.5, 0.6) is 11.5 Å². The number of ether oxygens (including phenoxy) is 2. The van der Waals surface area contributed by atoms with Crippen molar-refractivity contribution < 1.29 is 14.3 Å². The largest absolute Gasteiger partial charge is 0.486 e. The normalized spacial score (nSPS) is 13.3. The van der Waals surface area contributed by atoms with Crippen LogP contribution in [0.15, 0.2) is 18.2 Å². The smallest absolute Gasteiger partial charge is 0.220 e. The minimum atomic E-state index is 0.0791. The molecule has 5 heteroatoms. The summed E-state index contributed by atoms with van der Waals surface area (Å²) in [6.45, 7) is 6.76. The number of rotatable bonds is 7. The van der Waals surface area contributed by atoms with Gasteiger partial charge in [0.2, 0.25) is 5.91 Å². The lowest BCUT2D eigenvalue weighted by Crippen LogP contribution is -2.27. The van der Waals surface area contributed by atoms with E-state index in [1.54, 1.807) is 0 Å². The summed E-state index contributed by atoms with van der Waals surface area (Å²) in [5.41, 5.74) is 1.02. The van der Waals surface area contributed by atoms with Crippen LogP contribution in [0, 0.1) is 0 Å². The van der Waals surface area contributed by atoms with Crippen molar-refractivity contribution in [2.75, 3.05) is 19.8 Å². The van der Waals surface area contributed by atoms with E-state index in [0.717, 1.165) is 30.0 Å². The Morgan fingerprint density at radius 1 is 1.24 bits per heavy atom. The van der Waals surface area contributed by atoms with Crippen LogP contribution >= 0.6 is 0 Å². The van der Waals surface area contributed by atoms with Crippen molar-refractivity contribution in [3.05, 3.63) is 23.8 Å². The molecule has 21 heavy (non-hydrogen) atoms. The van der Waals surface area contributed by atoms with Gasteiger partial charge >= 0.3 is 0 Å². The Bertz CT molecular complexity index is 475. The minimum absolute atomic E-state index is 0.0791. The van der Waals surface area contributed by atoms with E-state index in [-0.39, 0.29) is 5.91 Å². The molecule has 5 nitrogen and oxygen atoms in total. The molecule has 1 aliphatic heterocycles. The Morgan fingerprint density at radius 3 is 2.76 bits per heavy atom. The molecular formula is C16H24N2O3. The number of nitrogens with one attached hydrogen (secondary N) is 2. The zero-order chi connectivity index (χ0) is 15.1.